The number of aromatic nitrogens is 4. The van der Waals surface area contributed by atoms with Gasteiger partial charge in [0.1, 0.15) is 11.5 Å². The van der Waals surface area contributed by atoms with Crippen molar-refractivity contribution in [2.24, 2.45) is 0 Å². The van der Waals surface area contributed by atoms with Crippen molar-refractivity contribution in [3.63, 3.8) is 0 Å². The van der Waals surface area contributed by atoms with E-state index in [-0.39, 0.29) is 0 Å². The molecule has 0 fully saturated rings. The number of rotatable bonds is 2. The van der Waals surface area contributed by atoms with Crippen LogP contribution < -0.4 is 5.32 Å². The SMILES string of the molecule is Cc1nccc(-c2noc(-c3ccc4c(c3)CNC4)n2)n1. The van der Waals surface area contributed by atoms with E-state index in [1.165, 1.54) is 11.1 Å². The highest BCUT2D eigenvalue weighted by atomic mass is 16.5. The van der Waals surface area contributed by atoms with Crippen molar-refractivity contribution in [3.05, 3.63) is 47.4 Å². The lowest BCUT2D eigenvalue weighted by Gasteiger charge is -1.99. The summed E-state index contributed by atoms with van der Waals surface area (Å²) in [4.78, 5) is 12.8. The van der Waals surface area contributed by atoms with E-state index in [0.717, 1.165) is 18.7 Å². The standard InChI is InChI=1S/C15H13N5O/c1-9-17-5-4-13(18-9)14-19-15(21-20-14)10-2-3-11-7-16-8-12(11)6-10/h2-6,16H,7-8H2,1H3. The largest absolute Gasteiger partial charge is 0.334 e. The molecule has 0 saturated carbocycles. The third-order valence-electron chi connectivity index (χ3n) is 3.52. The van der Waals surface area contributed by atoms with Gasteiger partial charge in [-0.2, -0.15) is 4.98 Å². The number of benzene rings is 1. The second-order valence-corrected chi connectivity index (χ2v) is 5.00. The topological polar surface area (TPSA) is 76.7 Å². The molecule has 6 nitrogen and oxygen atoms in total. The van der Waals surface area contributed by atoms with E-state index in [0.29, 0.717) is 23.2 Å². The Labute approximate surface area is 121 Å². The molecule has 21 heavy (non-hydrogen) atoms. The summed E-state index contributed by atoms with van der Waals surface area (Å²) in [5, 5.41) is 7.33. The van der Waals surface area contributed by atoms with Crippen LogP contribution in [0.15, 0.2) is 35.0 Å². The number of nitrogens with one attached hydrogen (secondary N) is 1. The predicted octanol–water partition coefficient (Wildman–Crippen LogP) is 2.11. The summed E-state index contributed by atoms with van der Waals surface area (Å²) >= 11 is 0. The van der Waals surface area contributed by atoms with Gasteiger partial charge in [-0.3, -0.25) is 0 Å². The fraction of sp³-hybridized carbons (Fsp3) is 0.200. The van der Waals surface area contributed by atoms with E-state index in [2.05, 4.69) is 37.6 Å². The zero-order valence-electron chi connectivity index (χ0n) is 11.5. The zero-order valence-corrected chi connectivity index (χ0v) is 11.5. The Kier molecular flexibility index (Phi) is 2.75. The fourth-order valence-corrected chi connectivity index (χ4v) is 2.45. The van der Waals surface area contributed by atoms with Crippen LogP contribution in [0.2, 0.25) is 0 Å². The number of fused-ring (bicyclic) bond motifs is 1. The molecule has 0 radical (unpaired) electrons. The highest BCUT2D eigenvalue weighted by Crippen LogP contribution is 2.25. The van der Waals surface area contributed by atoms with Crippen LogP contribution in [0.1, 0.15) is 17.0 Å². The maximum Gasteiger partial charge on any atom is 0.258 e. The van der Waals surface area contributed by atoms with Crippen LogP contribution in [0.4, 0.5) is 0 Å². The molecule has 0 spiro atoms. The average molecular weight is 279 g/mol. The Morgan fingerprint density at radius 3 is 2.90 bits per heavy atom. The van der Waals surface area contributed by atoms with Gasteiger partial charge in [0.25, 0.3) is 5.89 Å². The minimum Gasteiger partial charge on any atom is -0.334 e. The normalized spacial score (nSPS) is 13.4. The molecule has 3 heterocycles. The Balaban J connectivity index is 1.71. The van der Waals surface area contributed by atoms with E-state index >= 15 is 0 Å². The van der Waals surface area contributed by atoms with Crippen LogP contribution in [-0.4, -0.2) is 20.1 Å². The Hall–Kier alpha value is -2.60. The quantitative estimate of drug-likeness (QED) is 0.774. The summed E-state index contributed by atoms with van der Waals surface area (Å²) in [6, 6.07) is 7.98. The van der Waals surface area contributed by atoms with Gasteiger partial charge in [-0.05, 0) is 36.2 Å². The van der Waals surface area contributed by atoms with Crippen LogP contribution in [-0.2, 0) is 13.1 Å². The first kappa shape index (κ1) is 12.2. The highest BCUT2D eigenvalue weighted by Gasteiger charge is 2.15. The van der Waals surface area contributed by atoms with Crippen LogP contribution >= 0.6 is 0 Å². The molecule has 1 aliphatic rings. The Bertz CT molecular complexity index is 811. The molecule has 2 aromatic heterocycles. The summed E-state index contributed by atoms with van der Waals surface area (Å²) in [5.74, 6) is 1.67. The van der Waals surface area contributed by atoms with Crippen molar-refractivity contribution >= 4 is 0 Å². The average Bonchev–Trinajstić information content (AvgIpc) is 3.15. The van der Waals surface area contributed by atoms with Gasteiger partial charge in [-0.25, -0.2) is 9.97 Å². The third kappa shape index (κ3) is 2.19. The van der Waals surface area contributed by atoms with Gasteiger partial charge >= 0.3 is 0 Å². The lowest BCUT2D eigenvalue weighted by Crippen LogP contribution is -1.99. The summed E-state index contributed by atoms with van der Waals surface area (Å²) in [7, 11) is 0. The minimum atomic E-state index is 0.481. The molecule has 0 amide bonds. The van der Waals surface area contributed by atoms with Crippen LogP contribution in [0, 0.1) is 6.92 Å². The summed E-state index contributed by atoms with van der Waals surface area (Å²) in [6.07, 6.45) is 1.69. The van der Waals surface area contributed by atoms with Crippen molar-refractivity contribution < 1.29 is 4.52 Å². The maximum absolute atomic E-state index is 5.36. The van der Waals surface area contributed by atoms with Gasteiger partial charge < -0.3 is 9.84 Å². The lowest BCUT2D eigenvalue weighted by molar-refractivity contribution is 0.432. The van der Waals surface area contributed by atoms with E-state index in [4.69, 9.17) is 4.52 Å². The van der Waals surface area contributed by atoms with Gasteiger partial charge in [-0.1, -0.05) is 11.2 Å². The number of nitrogens with zero attached hydrogens (tertiary/aromatic N) is 4. The molecule has 1 aromatic carbocycles. The molecule has 0 aliphatic carbocycles. The first-order valence-electron chi connectivity index (χ1n) is 6.76. The van der Waals surface area contributed by atoms with Crippen molar-refractivity contribution in [2.75, 3.05) is 0 Å². The molecule has 0 saturated heterocycles. The first-order valence-corrected chi connectivity index (χ1v) is 6.76. The summed E-state index contributed by atoms with van der Waals surface area (Å²) in [5.41, 5.74) is 4.21. The Morgan fingerprint density at radius 2 is 2.00 bits per heavy atom. The fourth-order valence-electron chi connectivity index (χ4n) is 2.45. The molecule has 4 rings (SSSR count). The lowest BCUT2D eigenvalue weighted by atomic mass is 10.1. The molecule has 1 aliphatic heterocycles. The maximum atomic E-state index is 5.36. The van der Waals surface area contributed by atoms with Crippen molar-refractivity contribution in [1.82, 2.24) is 25.4 Å². The van der Waals surface area contributed by atoms with E-state index in [1.54, 1.807) is 12.3 Å². The van der Waals surface area contributed by atoms with Gasteiger partial charge in [-0.15, -0.1) is 0 Å². The van der Waals surface area contributed by atoms with Crippen LogP contribution in [0.25, 0.3) is 23.0 Å². The first-order chi connectivity index (χ1) is 10.3. The molecule has 6 heteroatoms. The molecule has 3 aromatic rings. The van der Waals surface area contributed by atoms with Gasteiger partial charge in [0.15, 0.2) is 0 Å². The molecular weight excluding hydrogens is 266 g/mol. The van der Waals surface area contributed by atoms with E-state index < -0.39 is 0 Å². The zero-order chi connectivity index (χ0) is 14.2. The van der Waals surface area contributed by atoms with E-state index in [1.807, 2.05) is 13.0 Å². The summed E-state index contributed by atoms with van der Waals surface area (Å²) < 4.78 is 5.36. The third-order valence-corrected chi connectivity index (χ3v) is 3.52. The number of hydrogen-bond donors (Lipinski definition) is 1. The monoisotopic (exact) mass is 279 g/mol. The van der Waals surface area contributed by atoms with Gasteiger partial charge in [0.05, 0.1) is 0 Å². The molecule has 0 bridgehead atoms. The second-order valence-electron chi connectivity index (χ2n) is 5.00. The van der Waals surface area contributed by atoms with E-state index in [9.17, 15) is 0 Å². The molecule has 0 atom stereocenters. The molecule has 0 unspecified atom stereocenters. The minimum absolute atomic E-state index is 0.481. The van der Waals surface area contributed by atoms with Gasteiger partial charge in [0.2, 0.25) is 5.82 Å². The highest BCUT2D eigenvalue weighted by molar-refractivity contribution is 5.59. The second kappa shape index (κ2) is 4.75. The summed E-state index contributed by atoms with van der Waals surface area (Å²) in [6.45, 7) is 3.64. The van der Waals surface area contributed by atoms with Gasteiger partial charge in [0, 0.05) is 24.8 Å². The molecule has 104 valence electrons. The van der Waals surface area contributed by atoms with Crippen molar-refractivity contribution in [1.29, 1.82) is 0 Å². The predicted molar refractivity (Wildman–Crippen MR) is 76.0 cm³/mol. The molecular formula is C15H13N5O. The Morgan fingerprint density at radius 1 is 1.10 bits per heavy atom. The van der Waals surface area contributed by atoms with Crippen LogP contribution in [0.5, 0.6) is 0 Å². The number of aryl methyl sites for hydroxylation is 1. The van der Waals surface area contributed by atoms with Crippen molar-refractivity contribution in [3.8, 4) is 23.0 Å². The molecule has 1 N–H and O–H groups in total. The smallest absolute Gasteiger partial charge is 0.258 e. The van der Waals surface area contributed by atoms with Crippen LogP contribution in [0.3, 0.4) is 0 Å². The van der Waals surface area contributed by atoms with Crippen molar-refractivity contribution in [2.45, 2.75) is 20.0 Å². The number of hydrogen-bond acceptors (Lipinski definition) is 6.